The Morgan fingerprint density at radius 2 is 1.60 bits per heavy atom. The summed E-state index contributed by atoms with van der Waals surface area (Å²) >= 11 is 13.6. The smallest absolute Gasteiger partial charge is 0.335 e. The first-order valence-corrected chi connectivity index (χ1v) is 14.5. The summed E-state index contributed by atoms with van der Waals surface area (Å²) in [5.41, 5.74) is 2.45. The number of hydrogen-bond acceptors (Lipinski definition) is 5. The van der Waals surface area contributed by atoms with E-state index in [4.69, 9.17) is 23.2 Å². The first-order chi connectivity index (χ1) is 20.6. The highest BCUT2D eigenvalue weighted by molar-refractivity contribution is 8.00. The molecule has 4 aromatic rings. The highest BCUT2D eigenvalue weighted by Crippen LogP contribution is 2.25. The lowest BCUT2D eigenvalue weighted by molar-refractivity contribution is -0.114. The summed E-state index contributed by atoms with van der Waals surface area (Å²) in [6, 6.07) is 24.6. The van der Waals surface area contributed by atoms with E-state index < -0.39 is 17.8 Å². The largest absolute Gasteiger partial charge is 0.478 e. The summed E-state index contributed by atoms with van der Waals surface area (Å²) in [6.07, 6.45) is 1.46. The van der Waals surface area contributed by atoms with Gasteiger partial charge in [0.1, 0.15) is 5.70 Å². The molecular weight excluding hydrogens is 609 g/mol. The summed E-state index contributed by atoms with van der Waals surface area (Å²) < 4.78 is 0. The zero-order chi connectivity index (χ0) is 30.9. The van der Waals surface area contributed by atoms with Crippen LogP contribution in [0.3, 0.4) is 0 Å². The van der Waals surface area contributed by atoms with Gasteiger partial charge in [-0.15, -0.1) is 11.8 Å². The summed E-state index contributed by atoms with van der Waals surface area (Å²) in [5, 5.41) is 18.1. The monoisotopic (exact) mass is 633 g/mol. The van der Waals surface area contributed by atoms with Crippen LogP contribution in [0.4, 0.5) is 11.4 Å². The molecule has 0 aliphatic carbocycles. The topological polar surface area (TPSA) is 125 Å². The first kappa shape index (κ1) is 31.4. The molecule has 4 aromatic carbocycles. The van der Waals surface area contributed by atoms with E-state index in [0.717, 1.165) is 5.56 Å². The van der Waals surface area contributed by atoms with Crippen molar-refractivity contribution in [2.45, 2.75) is 11.8 Å². The lowest BCUT2D eigenvalue weighted by Gasteiger charge is -2.13. The van der Waals surface area contributed by atoms with Crippen LogP contribution in [0.2, 0.25) is 10.0 Å². The predicted octanol–water partition coefficient (Wildman–Crippen LogP) is 7.14. The molecule has 0 saturated heterocycles. The molecule has 0 saturated carbocycles. The molecule has 0 bridgehead atoms. The van der Waals surface area contributed by atoms with E-state index in [9.17, 15) is 24.3 Å². The number of halogens is 2. The quantitative estimate of drug-likeness (QED) is 0.109. The van der Waals surface area contributed by atoms with E-state index in [1.54, 1.807) is 79.7 Å². The van der Waals surface area contributed by atoms with E-state index in [1.807, 2.05) is 0 Å². The van der Waals surface area contributed by atoms with E-state index in [2.05, 4.69) is 16.0 Å². The van der Waals surface area contributed by atoms with Crippen LogP contribution in [-0.4, -0.2) is 34.6 Å². The number of nitrogens with one attached hydrogen (secondary N) is 3. The lowest BCUT2D eigenvalue weighted by Crippen LogP contribution is -2.30. The number of carbonyl (C=O) groups is 4. The average Bonchev–Trinajstić information content (AvgIpc) is 2.98. The van der Waals surface area contributed by atoms with Gasteiger partial charge in [-0.25, -0.2) is 4.79 Å². The third kappa shape index (κ3) is 8.96. The molecule has 0 fully saturated rings. The summed E-state index contributed by atoms with van der Waals surface area (Å²) in [4.78, 5) is 50.8. The fourth-order valence-electron chi connectivity index (χ4n) is 3.80. The summed E-state index contributed by atoms with van der Waals surface area (Å²) in [7, 11) is 0. The number of benzene rings is 4. The Labute approximate surface area is 262 Å². The van der Waals surface area contributed by atoms with E-state index in [0.29, 0.717) is 37.4 Å². The Balaban J connectivity index is 1.47. The van der Waals surface area contributed by atoms with Crippen LogP contribution in [0.1, 0.15) is 31.8 Å². The third-order valence-electron chi connectivity index (χ3n) is 6.01. The van der Waals surface area contributed by atoms with Crippen LogP contribution in [0.5, 0.6) is 0 Å². The zero-order valence-electron chi connectivity index (χ0n) is 22.7. The van der Waals surface area contributed by atoms with Crippen molar-refractivity contribution in [3.8, 4) is 0 Å². The van der Waals surface area contributed by atoms with E-state index in [1.165, 1.54) is 36.0 Å². The van der Waals surface area contributed by atoms with Crippen LogP contribution in [0, 0.1) is 6.92 Å². The van der Waals surface area contributed by atoms with Crippen LogP contribution >= 0.6 is 35.0 Å². The molecule has 0 aromatic heterocycles. The maximum Gasteiger partial charge on any atom is 0.335 e. The van der Waals surface area contributed by atoms with Gasteiger partial charge in [0.25, 0.3) is 11.8 Å². The fourth-order valence-corrected chi connectivity index (χ4v) is 5.02. The molecule has 0 heterocycles. The fraction of sp³-hybridized carbons (Fsp3) is 0.0625. The Morgan fingerprint density at radius 3 is 2.33 bits per heavy atom. The van der Waals surface area contributed by atoms with Crippen LogP contribution in [0.25, 0.3) is 6.08 Å². The molecular formula is C32H25Cl2N3O5S. The number of carboxylic acids is 1. The van der Waals surface area contributed by atoms with Gasteiger partial charge in [-0.2, -0.15) is 0 Å². The van der Waals surface area contributed by atoms with E-state index in [-0.39, 0.29) is 22.9 Å². The Kier molecular flexibility index (Phi) is 10.6. The predicted molar refractivity (Wildman–Crippen MR) is 171 cm³/mol. The average molecular weight is 635 g/mol. The first-order valence-electron chi connectivity index (χ1n) is 12.8. The second kappa shape index (κ2) is 14.6. The van der Waals surface area contributed by atoms with Crippen LogP contribution in [-0.2, 0) is 9.59 Å². The van der Waals surface area contributed by atoms with Crippen molar-refractivity contribution in [2.75, 3.05) is 16.4 Å². The van der Waals surface area contributed by atoms with Crippen LogP contribution in [0.15, 0.2) is 102 Å². The number of anilines is 2. The molecule has 3 amide bonds. The van der Waals surface area contributed by atoms with Crippen molar-refractivity contribution >= 4 is 76.1 Å². The molecule has 4 rings (SSSR count). The number of hydrogen-bond donors (Lipinski definition) is 4. The molecule has 0 spiro atoms. The van der Waals surface area contributed by atoms with Crippen molar-refractivity contribution < 1.29 is 24.3 Å². The van der Waals surface area contributed by atoms with Crippen molar-refractivity contribution in [1.29, 1.82) is 0 Å². The molecule has 0 aliphatic heterocycles. The summed E-state index contributed by atoms with van der Waals surface area (Å²) in [6.45, 7) is 1.77. The van der Waals surface area contributed by atoms with Crippen molar-refractivity contribution in [2.24, 2.45) is 0 Å². The van der Waals surface area contributed by atoms with Gasteiger partial charge in [-0.05, 0) is 78.7 Å². The Morgan fingerprint density at radius 1 is 0.837 bits per heavy atom. The molecule has 43 heavy (non-hydrogen) atoms. The number of aromatic carboxylic acids is 1. The second-order valence-electron chi connectivity index (χ2n) is 9.20. The highest BCUT2D eigenvalue weighted by Gasteiger charge is 2.16. The normalized spacial score (nSPS) is 11.0. The standard InChI is InChI=1S/C32H25Cl2N3O5S/c1-19-10-11-22(32(41)42)15-27(19)36-29(38)18-43-25-9-5-8-24(17-25)35-31(40)28(14-21-12-13-23(33)16-26(21)34)37-30(39)20-6-3-2-4-7-20/h2-17H,18H2,1H3,(H,35,40)(H,36,38)(H,37,39)(H,41,42)/b28-14+. The SMILES string of the molecule is Cc1ccc(C(=O)O)cc1NC(=O)CSc1cccc(NC(=O)/C(=C\c2ccc(Cl)cc2Cl)NC(=O)c2ccccc2)c1. The van der Waals surface area contributed by atoms with Gasteiger partial charge in [-0.1, -0.05) is 59.6 Å². The van der Waals surface area contributed by atoms with Crippen molar-refractivity contribution in [3.63, 3.8) is 0 Å². The van der Waals surface area contributed by atoms with Crippen molar-refractivity contribution in [1.82, 2.24) is 5.32 Å². The minimum atomic E-state index is -1.09. The third-order valence-corrected chi connectivity index (χ3v) is 7.57. The molecule has 0 atom stereocenters. The van der Waals surface area contributed by atoms with Gasteiger partial charge >= 0.3 is 5.97 Å². The lowest BCUT2D eigenvalue weighted by atomic mass is 10.1. The maximum absolute atomic E-state index is 13.4. The van der Waals surface area contributed by atoms with Gasteiger partial charge in [-0.3, -0.25) is 14.4 Å². The second-order valence-corrected chi connectivity index (χ2v) is 11.1. The molecule has 0 unspecified atom stereocenters. The van der Waals surface area contributed by atoms with Gasteiger partial charge in [0.15, 0.2) is 0 Å². The number of carbonyl (C=O) groups excluding carboxylic acids is 3. The number of aryl methyl sites for hydroxylation is 1. The highest BCUT2D eigenvalue weighted by atomic mass is 35.5. The molecule has 218 valence electrons. The molecule has 4 N–H and O–H groups in total. The minimum absolute atomic E-state index is 0.0431. The number of thioether (sulfide) groups is 1. The number of amides is 3. The van der Waals surface area contributed by atoms with Crippen molar-refractivity contribution in [3.05, 3.63) is 129 Å². The Bertz CT molecular complexity index is 1730. The molecule has 0 radical (unpaired) electrons. The number of rotatable bonds is 10. The molecule has 0 aliphatic rings. The van der Waals surface area contributed by atoms with Gasteiger partial charge in [0, 0.05) is 31.9 Å². The zero-order valence-corrected chi connectivity index (χ0v) is 25.0. The van der Waals surface area contributed by atoms with Crippen LogP contribution < -0.4 is 16.0 Å². The number of carboxylic acid groups (broad SMARTS) is 1. The maximum atomic E-state index is 13.4. The van der Waals surface area contributed by atoms with Gasteiger partial charge < -0.3 is 21.1 Å². The van der Waals surface area contributed by atoms with E-state index >= 15 is 0 Å². The molecule has 11 heteroatoms. The summed E-state index contributed by atoms with van der Waals surface area (Å²) in [5.74, 6) is -2.44. The van der Waals surface area contributed by atoms with Gasteiger partial charge in [0.2, 0.25) is 5.91 Å². The van der Waals surface area contributed by atoms with Gasteiger partial charge in [0.05, 0.1) is 11.3 Å². The molecule has 8 nitrogen and oxygen atoms in total. The minimum Gasteiger partial charge on any atom is -0.478 e. The Hall–Kier alpha value is -4.57.